The summed E-state index contributed by atoms with van der Waals surface area (Å²) in [6.45, 7) is 1.97. The van der Waals surface area contributed by atoms with Crippen LogP contribution >= 0.6 is 0 Å². The van der Waals surface area contributed by atoms with Gasteiger partial charge in [-0.25, -0.2) is 9.37 Å². The van der Waals surface area contributed by atoms with Crippen molar-refractivity contribution in [2.75, 3.05) is 19.6 Å². The monoisotopic (exact) mass is 338 g/mol. The van der Waals surface area contributed by atoms with E-state index in [9.17, 15) is 9.18 Å². The van der Waals surface area contributed by atoms with Crippen LogP contribution in [0.4, 0.5) is 4.39 Å². The lowest BCUT2D eigenvalue weighted by Crippen LogP contribution is -2.49. The molecule has 6 heteroatoms. The summed E-state index contributed by atoms with van der Waals surface area (Å²) >= 11 is 0. The van der Waals surface area contributed by atoms with Gasteiger partial charge in [0.2, 0.25) is 5.91 Å². The fraction of sp³-hybridized carbons (Fsp3) is 0.263. The maximum absolute atomic E-state index is 13.6. The number of hydrogen-bond acceptors (Lipinski definition) is 3. The van der Waals surface area contributed by atoms with Gasteiger partial charge < -0.3 is 14.6 Å². The fourth-order valence-electron chi connectivity index (χ4n) is 3.34. The zero-order valence-corrected chi connectivity index (χ0v) is 13.7. The molecular formula is C19H19FN4O. The average molecular weight is 338 g/mol. The van der Waals surface area contributed by atoms with Crippen LogP contribution in [0, 0.1) is 5.82 Å². The van der Waals surface area contributed by atoms with Gasteiger partial charge in [0.15, 0.2) is 0 Å². The number of carbonyl (C=O) groups excluding carboxylic acids is 1. The van der Waals surface area contributed by atoms with E-state index in [1.54, 1.807) is 6.07 Å². The molecule has 0 saturated carbocycles. The maximum atomic E-state index is 13.6. The highest BCUT2D eigenvalue weighted by molar-refractivity contribution is 5.79. The molecule has 5 nitrogen and oxygen atoms in total. The number of rotatable bonds is 3. The zero-order valence-electron chi connectivity index (χ0n) is 13.7. The summed E-state index contributed by atoms with van der Waals surface area (Å²) in [5.74, 6) is -0.269. The molecule has 3 heterocycles. The van der Waals surface area contributed by atoms with Gasteiger partial charge in [0, 0.05) is 32.0 Å². The standard InChI is InChI=1S/C19H19FN4O/c20-15-5-3-4-14(10-15)17-12-21-7-9-24(17)19(25)11-16-13-23-8-2-1-6-18(23)22-16/h1-6,8,10,13,17,21H,7,9,11-12H2. The van der Waals surface area contributed by atoms with Gasteiger partial charge in [-0.2, -0.15) is 0 Å². The first-order valence-corrected chi connectivity index (χ1v) is 8.39. The first-order chi connectivity index (χ1) is 12.2. The van der Waals surface area contributed by atoms with E-state index in [0.29, 0.717) is 13.1 Å². The Hall–Kier alpha value is -2.73. The molecule has 1 N–H and O–H groups in total. The van der Waals surface area contributed by atoms with Gasteiger partial charge in [0.1, 0.15) is 11.5 Å². The van der Waals surface area contributed by atoms with E-state index in [1.165, 1.54) is 12.1 Å². The average Bonchev–Trinajstić information content (AvgIpc) is 3.04. The summed E-state index contributed by atoms with van der Waals surface area (Å²) in [5.41, 5.74) is 2.38. The van der Waals surface area contributed by atoms with Crippen LogP contribution in [0.3, 0.4) is 0 Å². The van der Waals surface area contributed by atoms with Crippen molar-refractivity contribution < 1.29 is 9.18 Å². The third kappa shape index (κ3) is 3.25. The Kier molecular flexibility index (Phi) is 4.19. The van der Waals surface area contributed by atoms with E-state index in [4.69, 9.17) is 0 Å². The number of aromatic nitrogens is 2. The van der Waals surface area contributed by atoms with Crippen molar-refractivity contribution in [2.24, 2.45) is 0 Å². The first-order valence-electron chi connectivity index (χ1n) is 8.39. The molecule has 1 atom stereocenters. The molecule has 25 heavy (non-hydrogen) atoms. The van der Waals surface area contributed by atoms with Gasteiger partial charge >= 0.3 is 0 Å². The Bertz CT molecular complexity index is 874. The summed E-state index contributed by atoms with van der Waals surface area (Å²) in [7, 11) is 0. The highest BCUT2D eigenvalue weighted by Gasteiger charge is 2.28. The molecule has 0 bridgehead atoms. The maximum Gasteiger partial charge on any atom is 0.229 e. The van der Waals surface area contributed by atoms with Gasteiger partial charge in [0.05, 0.1) is 18.2 Å². The molecule has 1 aliphatic rings. The number of nitrogens with zero attached hydrogens (tertiary/aromatic N) is 3. The predicted octanol–water partition coefficient (Wildman–Crippen LogP) is 2.19. The third-order valence-electron chi connectivity index (χ3n) is 4.54. The van der Waals surface area contributed by atoms with Crippen molar-refractivity contribution in [1.29, 1.82) is 0 Å². The number of halogens is 1. The second kappa shape index (κ2) is 6.64. The molecule has 1 aliphatic heterocycles. The number of imidazole rings is 1. The van der Waals surface area contributed by atoms with Crippen molar-refractivity contribution in [1.82, 2.24) is 19.6 Å². The molecule has 0 aliphatic carbocycles. The normalized spacial score (nSPS) is 17.8. The number of carbonyl (C=O) groups is 1. The predicted molar refractivity (Wildman–Crippen MR) is 92.6 cm³/mol. The lowest BCUT2D eigenvalue weighted by Gasteiger charge is -2.36. The van der Waals surface area contributed by atoms with Crippen molar-refractivity contribution >= 4 is 11.6 Å². The van der Waals surface area contributed by atoms with Gasteiger partial charge in [-0.05, 0) is 29.8 Å². The molecule has 1 unspecified atom stereocenters. The van der Waals surface area contributed by atoms with Crippen LogP contribution < -0.4 is 5.32 Å². The Balaban J connectivity index is 1.56. The van der Waals surface area contributed by atoms with Gasteiger partial charge in [-0.3, -0.25) is 4.79 Å². The lowest BCUT2D eigenvalue weighted by molar-refractivity contribution is -0.133. The molecule has 2 aromatic heterocycles. The van der Waals surface area contributed by atoms with E-state index >= 15 is 0 Å². The van der Waals surface area contributed by atoms with Crippen LogP contribution in [0.25, 0.3) is 5.65 Å². The molecule has 1 amide bonds. The minimum absolute atomic E-state index is 0.0131. The molecule has 1 fully saturated rings. The summed E-state index contributed by atoms with van der Waals surface area (Å²) in [4.78, 5) is 19.2. The number of pyridine rings is 1. The first kappa shape index (κ1) is 15.8. The highest BCUT2D eigenvalue weighted by atomic mass is 19.1. The molecule has 0 radical (unpaired) electrons. The quantitative estimate of drug-likeness (QED) is 0.796. The molecule has 0 spiro atoms. The van der Waals surface area contributed by atoms with Gasteiger partial charge in [-0.1, -0.05) is 18.2 Å². The zero-order chi connectivity index (χ0) is 17.2. The summed E-state index contributed by atoms with van der Waals surface area (Å²) < 4.78 is 15.5. The Morgan fingerprint density at radius 2 is 2.20 bits per heavy atom. The van der Waals surface area contributed by atoms with Crippen LogP contribution in [0.5, 0.6) is 0 Å². The minimum Gasteiger partial charge on any atom is -0.333 e. The van der Waals surface area contributed by atoms with Crippen LogP contribution in [0.15, 0.2) is 54.9 Å². The fourth-order valence-corrected chi connectivity index (χ4v) is 3.34. The molecule has 3 aromatic rings. The van der Waals surface area contributed by atoms with E-state index in [2.05, 4.69) is 10.3 Å². The van der Waals surface area contributed by atoms with Crippen molar-refractivity contribution in [3.63, 3.8) is 0 Å². The second-order valence-electron chi connectivity index (χ2n) is 6.24. The van der Waals surface area contributed by atoms with E-state index in [0.717, 1.165) is 23.4 Å². The molecule has 1 aromatic carbocycles. The number of amides is 1. The van der Waals surface area contributed by atoms with E-state index < -0.39 is 0 Å². The van der Waals surface area contributed by atoms with Crippen LogP contribution in [0.1, 0.15) is 17.3 Å². The second-order valence-corrected chi connectivity index (χ2v) is 6.24. The number of piperazine rings is 1. The number of fused-ring (bicyclic) bond motifs is 1. The van der Waals surface area contributed by atoms with Crippen LogP contribution in [-0.2, 0) is 11.2 Å². The summed E-state index contributed by atoms with van der Waals surface area (Å²) in [6.07, 6.45) is 4.04. The number of benzene rings is 1. The summed E-state index contributed by atoms with van der Waals surface area (Å²) in [5, 5.41) is 3.29. The van der Waals surface area contributed by atoms with Gasteiger partial charge in [0.25, 0.3) is 0 Å². The molecular weight excluding hydrogens is 319 g/mol. The van der Waals surface area contributed by atoms with Crippen molar-refractivity contribution in [3.8, 4) is 0 Å². The lowest BCUT2D eigenvalue weighted by atomic mass is 10.0. The smallest absolute Gasteiger partial charge is 0.229 e. The topological polar surface area (TPSA) is 49.6 Å². The Morgan fingerprint density at radius 1 is 1.28 bits per heavy atom. The Labute approximate surface area is 145 Å². The minimum atomic E-state index is -0.282. The largest absolute Gasteiger partial charge is 0.333 e. The highest BCUT2D eigenvalue weighted by Crippen LogP contribution is 2.23. The molecule has 128 valence electrons. The van der Waals surface area contributed by atoms with Gasteiger partial charge in [-0.15, -0.1) is 0 Å². The van der Waals surface area contributed by atoms with Crippen molar-refractivity contribution in [2.45, 2.75) is 12.5 Å². The van der Waals surface area contributed by atoms with Crippen LogP contribution in [-0.4, -0.2) is 39.8 Å². The van der Waals surface area contributed by atoms with Crippen LogP contribution in [0.2, 0.25) is 0 Å². The van der Waals surface area contributed by atoms with Crippen molar-refractivity contribution in [3.05, 3.63) is 71.9 Å². The van der Waals surface area contributed by atoms with E-state index in [-0.39, 0.29) is 24.2 Å². The molecule has 4 rings (SSSR count). The van der Waals surface area contributed by atoms with E-state index in [1.807, 2.05) is 46.0 Å². The molecule has 1 saturated heterocycles. The SMILES string of the molecule is O=C(Cc1cn2ccccc2n1)N1CCNCC1c1cccc(F)c1. The Morgan fingerprint density at radius 3 is 3.04 bits per heavy atom. The number of hydrogen-bond donors (Lipinski definition) is 1. The third-order valence-corrected chi connectivity index (χ3v) is 4.54. The number of nitrogens with one attached hydrogen (secondary N) is 1. The summed E-state index contributed by atoms with van der Waals surface area (Å²) in [6, 6.07) is 12.1.